The molecule has 0 atom stereocenters. The van der Waals surface area contributed by atoms with Crippen LogP contribution in [-0.4, -0.2) is 0 Å². The molecule has 21 aliphatic rings. The second-order valence-electron chi connectivity index (χ2n) is 30.6. The fourth-order valence-corrected chi connectivity index (χ4v) is 23.1. The van der Waals surface area contributed by atoms with Gasteiger partial charge in [0.05, 0.1) is 0 Å². The second kappa shape index (κ2) is 13.6. The lowest BCUT2D eigenvalue weighted by Gasteiger charge is -3.09. The molecule has 0 radical (unpaired) electrons. The van der Waals surface area contributed by atoms with Gasteiger partial charge < -0.3 is 0 Å². The van der Waals surface area contributed by atoms with Crippen LogP contribution < -0.4 is 0 Å². The summed E-state index contributed by atoms with van der Waals surface area (Å²) in [5.74, 6) is 22.7. The normalized spacial score (nSPS) is 54.0. The SMILES string of the molecule is CC(C)C12C3C4C5C3C1C5C42.CC(C)C12CC(C1)C2.CC(C)C12CC3CC(CC(C3)C1)C2.CC(C)C12CCC(C1)C2.CC(C)C1C2(CC2)C12CC2.CC(C)C1CC2(CCC2)C1. The van der Waals surface area contributed by atoms with E-state index in [1.165, 1.54) is 60.7 Å². The Morgan fingerprint density at radius 2 is 0.770 bits per heavy atom. The van der Waals surface area contributed by atoms with Crippen LogP contribution in [-0.2, 0) is 0 Å². The average Bonchev–Trinajstić information content (AvgIpc) is 4.06. The molecule has 0 N–H and O–H groups in total. The molecule has 0 aromatic rings. The molecule has 344 valence electrons. The summed E-state index contributed by atoms with van der Waals surface area (Å²) < 4.78 is 0. The van der Waals surface area contributed by atoms with Crippen LogP contribution in [0.5, 0.6) is 0 Å². The number of fused-ring (bicyclic) bond motifs is 2. The molecule has 0 nitrogen and oxygen atoms in total. The maximum Gasteiger partial charge on any atom is -0.0172 e. The Balaban J connectivity index is 0.0000000790. The zero-order chi connectivity index (χ0) is 42.6. The standard InChI is InChI=1S/C13H22.C11H14.C10H16.C10H18.C9H16.C8H14/c1-9(2)13-6-10-3-11(7-13)5-12(4-10)8-13;1-3(2)11-8-5-4-6(8)10(11)7(4)9(5)11;1-7(2)8-9(3-4-9)10(8)5-6-10;1-8(2)9-6-10(7-9)4-3-5-10;1-7(2)9-4-3-8(5-9)6-9;1-6(2)8-3-7(4-8)5-8/h9-12H,3-8H2,1-2H3;3-10H,1-2H3;7-8H,3-6H2,1-2H3;8-9H,3-7H2,1-2H3;7-8H,3-6H2,1-2H3;6-7H,3-5H2,1-2H3. The van der Waals surface area contributed by atoms with Crippen molar-refractivity contribution in [1.82, 2.24) is 0 Å². The Labute approximate surface area is 379 Å². The van der Waals surface area contributed by atoms with E-state index in [1.807, 2.05) is 0 Å². The van der Waals surface area contributed by atoms with E-state index in [4.69, 9.17) is 0 Å². The molecule has 21 saturated carbocycles. The van der Waals surface area contributed by atoms with E-state index in [0.29, 0.717) is 0 Å². The van der Waals surface area contributed by atoms with Crippen molar-refractivity contribution in [2.75, 3.05) is 0 Å². The predicted octanol–water partition coefficient (Wildman–Crippen LogP) is 17.2. The zero-order valence-electron chi connectivity index (χ0n) is 42.6. The first kappa shape index (κ1) is 42.4. The minimum absolute atomic E-state index is 0.800. The second-order valence-corrected chi connectivity index (χ2v) is 30.6. The molecule has 3 spiro atoms. The number of hydrogen-bond acceptors (Lipinski definition) is 0. The first-order chi connectivity index (χ1) is 28.9. The summed E-state index contributed by atoms with van der Waals surface area (Å²) in [6, 6.07) is 0. The van der Waals surface area contributed by atoms with Gasteiger partial charge in [0.25, 0.3) is 0 Å². The van der Waals surface area contributed by atoms with Crippen molar-refractivity contribution in [3.63, 3.8) is 0 Å². The number of hydrogen-bond donors (Lipinski definition) is 0. The summed E-state index contributed by atoms with van der Waals surface area (Å²) in [5.41, 5.74) is 6.26. The van der Waals surface area contributed by atoms with Crippen molar-refractivity contribution >= 4 is 0 Å². The van der Waals surface area contributed by atoms with Crippen LogP contribution in [0.1, 0.15) is 224 Å². The maximum absolute atomic E-state index is 2.47. The topological polar surface area (TPSA) is 0 Å². The fourth-order valence-electron chi connectivity index (χ4n) is 23.1. The van der Waals surface area contributed by atoms with Crippen molar-refractivity contribution in [1.29, 1.82) is 0 Å². The highest BCUT2D eigenvalue weighted by Crippen LogP contribution is 3.07. The smallest absolute Gasteiger partial charge is 0.0172 e. The van der Waals surface area contributed by atoms with Gasteiger partial charge in [0.15, 0.2) is 0 Å². The van der Waals surface area contributed by atoms with E-state index in [-0.39, 0.29) is 0 Å². The minimum Gasteiger partial charge on any atom is -0.0625 e. The molecule has 61 heavy (non-hydrogen) atoms. The van der Waals surface area contributed by atoms with Gasteiger partial charge in [-0.15, -0.1) is 0 Å². The monoisotopic (exact) mass is 833 g/mol. The minimum atomic E-state index is 0.800. The Morgan fingerprint density at radius 1 is 0.361 bits per heavy atom. The first-order valence-corrected chi connectivity index (χ1v) is 28.9. The summed E-state index contributed by atoms with van der Waals surface area (Å²) in [6.45, 7) is 29.0. The van der Waals surface area contributed by atoms with Gasteiger partial charge in [-0.2, -0.15) is 0 Å². The third-order valence-corrected chi connectivity index (χ3v) is 26.9. The summed E-state index contributed by atoms with van der Waals surface area (Å²) in [5, 5.41) is 0. The molecule has 0 amide bonds. The van der Waals surface area contributed by atoms with Gasteiger partial charge in [-0.25, -0.2) is 0 Å². The quantitative estimate of drug-likeness (QED) is 0.250. The lowest BCUT2D eigenvalue weighted by atomic mass is 8.95. The Morgan fingerprint density at radius 3 is 0.984 bits per heavy atom. The molecule has 0 aliphatic heterocycles. The summed E-state index contributed by atoms with van der Waals surface area (Å²) in [4.78, 5) is 0. The van der Waals surface area contributed by atoms with Crippen LogP contribution in [0, 0.1) is 156 Å². The van der Waals surface area contributed by atoms with Gasteiger partial charge in [-0.3, -0.25) is 0 Å². The predicted molar refractivity (Wildman–Crippen MR) is 256 cm³/mol. The lowest BCUT2D eigenvalue weighted by molar-refractivity contribution is -0.624. The van der Waals surface area contributed by atoms with Crippen LogP contribution >= 0.6 is 0 Å². The third-order valence-electron chi connectivity index (χ3n) is 26.9. The zero-order valence-corrected chi connectivity index (χ0v) is 42.6. The average molecular weight is 833 g/mol. The van der Waals surface area contributed by atoms with Crippen molar-refractivity contribution in [3.05, 3.63) is 0 Å². The van der Waals surface area contributed by atoms with E-state index >= 15 is 0 Å². The summed E-state index contributed by atoms with van der Waals surface area (Å²) in [7, 11) is 0. The van der Waals surface area contributed by atoms with E-state index in [9.17, 15) is 0 Å². The highest BCUT2D eigenvalue weighted by Gasteiger charge is 3.04. The molecule has 0 unspecified atom stereocenters. The van der Waals surface area contributed by atoms with Crippen molar-refractivity contribution in [3.8, 4) is 0 Å². The molecular formula is C61H100. The number of rotatable bonds is 6. The molecule has 0 heterocycles. The van der Waals surface area contributed by atoms with Crippen molar-refractivity contribution in [2.45, 2.75) is 224 Å². The van der Waals surface area contributed by atoms with E-state index in [2.05, 4.69) is 83.1 Å². The highest BCUT2D eigenvalue weighted by atomic mass is 15.1. The van der Waals surface area contributed by atoms with Crippen LogP contribution in [0.15, 0.2) is 0 Å². The van der Waals surface area contributed by atoms with E-state index in [0.717, 1.165) is 115 Å². The van der Waals surface area contributed by atoms with Crippen molar-refractivity contribution < 1.29 is 0 Å². The third kappa shape index (κ3) is 5.53. The molecule has 21 fully saturated rings. The molecular weight excluding hydrogens is 733 g/mol. The molecule has 0 heteroatoms. The van der Waals surface area contributed by atoms with Gasteiger partial charge in [-0.05, 0) is 291 Å². The maximum atomic E-state index is 2.47. The van der Waals surface area contributed by atoms with Crippen LogP contribution in [0.3, 0.4) is 0 Å². The summed E-state index contributed by atoms with van der Waals surface area (Å²) in [6.07, 6.45) is 34.4. The van der Waals surface area contributed by atoms with Gasteiger partial charge in [-0.1, -0.05) is 89.5 Å². The van der Waals surface area contributed by atoms with Crippen molar-refractivity contribution in [2.24, 2.45) is 156 Å². The van der Waals surface area contributed by atoms with Gasteiger partial charge in [0, 0.05) is 0 Å². The van der Waals surface area contributed by atoms with Crippen LogP contribution in [0.2, 0.25) is 0 Å². The molecule has 0 aromatic carbocycles. The largest absolute Gasteiger partial charge is 0.0625 e. The highest BCUT2D eigenvalue weighted by molar-refractivity contribution is 5.50. The fraction of sp³-hybridized carbons (Fsp3) is 1.00. The molecule has 8 bridgehead atoms. The van der Waals surface area contributed by atoms with Crippen LogP contribution in [0.25, 0.3) is 0 Å². The molecule has 0 saturated heterocycles. The molecule has 0 aromatic heterocycles. The van der Waals surface area contributed by atoms with Gasteiger partial charge >= 0.3 is 0 Å². The molecule has 21 rings (SSSR count). The van der Waals surface area contributed by atoms with Gasteiger partial charge in [0.2, 0.25) is 0 Å². The Kier molecular flexibility index (Phi) is 9.43. The first-order valence-electron chi connectivity index (χ1n) is 28.9. The lowest BCUT2D eigenvalue weighted by Crippen LogP contribution is -3.06. The Hall–Kier alpha value is 0. The summed E-state index contributed by atoms with van der Waals surface area (Å²) >= 11 is 0. The van der Waals surface area contributed by atoms with Crippen LogP contribution in [0.4, 0.5) is 0 Å². The van der Waals surface area contributed by atoms with Gasteiger partial charge in [0.1, 0.15) is 0 Å². The van der Waals surface area contributed by atoms with E-state index in [1.54, 1.807) is 122 Å². The van der Waals surface area contributed by atoms with E-state index < -0.39 is 0 Å². The Bertz CT molecular complexity index is 1540. The molecule has 21 aliphatic carbocycles.